The molecule has 1 aromatic heterocycles. The second-order valence-corrected chi connectivity index (χ2v) is 12.0. The molecule has 2 heterocycles. The zero-order valence-electron chi connectivity index (χ0n) is 23.6. The van der Waals surface area contributed by atoms with Gasteiger partial charge in [-0.05, 0) is 86.0 Å². The Hall–Kier alpha value is -2.98. The molecule has 230 valence electrons. The molecule has 5 rings (SSSR count). The van der Waals surface area contributed by atoms with Gasteiger partial charge in [-0.15, -0.1) is 0 Å². The van der Waals surface area contributed by atoms with E-state index in [1.165, 1.54) is 6.07 Å². The summed E-state index contributed by atoms with van der Waals surface area (Å²) in [4.78, 5) is 18.6. The molecule has 0 bridgehead atoms. The van der Waals surface area contributed by atoms with E-state index < -0.39 is 18.7 Å². The van der Waals surface area contributed by atoms with E-state index in [2.05, 4.69) is 14.6 Å². The molecule has 0 radical (unpaired) electrons. The molecular weight excluding hydrogens is 601 g/mol. The predicted molar refractivity (Wildman–Crippen MR) is 158 cm³/mol. The number of carbonyl (C=O) groups excluding carboxylic acids is 1. The van der Waals surface area contributed by atoms with E-state index in [4.69, 9.17) is 32.7 Å². The molecule has 11 heteroatoms. The van der Waals surface area contributed by atoms with Crippen LogP contribution in [0.25, 0.3) is 0 Å². The van der Waals surface area contributed by atoms with E-state index in [1.54, 1.807) is 36.7 Å². The number of rotatable bonds is 13. The van der Waals surface area contributed by atoms with Crippen molar-refractivity contribution in [1.82, 2.24) is 4.90 Å². The molecule has 1 atom stereocenters. The van der Waals surface area contributed by atoms with Crippen LogP contribution < -0.4 is 14.5 Å². The van der Waals surface area contributed by atoms with Crippen LogP contribution in [-0.4, -0.2) is 48.9 Å². The van der Waals surface area contributed by atoms with Gasteiger partial charge in [0.15, 0.2) is 23.9 Å². The number of hydrogen-bond acceptors (Lipinski definition) is 6. The Bertz CT molecular complexity index is 1360. The van der Waals surface area contributed by atoms with Crippen LogP contribution >= 0.6 is 23.2 Å². The molecular formula is C32H35Cl2F2N2O5+. The number of likely N-dealkylation sites (tertiary alicyclic amines) is 1. The number of aliphatic hydroxyl groups is 1. The average Bonchev–Trinajstić information content (AvgIpc) is 3.83. The number of nitrogens with one attached hydrogen (secondary N) is 1. The summed E-state index contributed by atoms with van der Waals surface area (Å²) >= 11 is 12.9. The third-order valence-electron chi connectivity index (χ3n) is 7.92. The molecule has 3 aromatic rings. The number of alkyl halides is 2. The molecule has 0 spiro atoms. The zero-order chi connectivity index (χ0) is 30.3. The first-order chi connectivity index (χ1) is 20.8. The number of aromatic amines is 1. The van der Waals surface area contributed by atoms with Crippen LogP contribution in [0.4, 0.5) is 8.78 Å². The van der Waals surface area contributed by atoms with E-state index in [0.29, 0.717) is 45.2 Å². The maximum Gasteiger partial charge on any atom is 0.387 e. The second kappa shape index (κ2) is 14.7. The highest BCUT2D eigenvalue weighted by Gasteiger charge is 2.27. The Kier molecular flexibility index (Phi) is 10.7. The van der Waals surface area contributed by atoms with Crippen LogP contribution in [0, 0.1) is 11.8 Å². The molecule has 2 aromatic carbocycles. The molecule has 7 nitrogen and oxygen atoms in total. The summed E-state index contributed by atoms with van der Waals surface area (Å²) in [7, 11) is 0. The van der Waals surface area contributed by atoms with Crippen molar-refractivity contribution >= 4 is 29.2 Å². The predicted octanol–water partition coefficient (Wildman–Crippen LogP) is 6.54. The zero-order valence-corrected chi connectivity index (χ0v) is 25.1. The summed E-state index contributed by atoms with van der Waals surface area (Å²) < 4.78 is 42.8. The topological polar surface area (TPSA) is 82.4 Å². The van der Waals surface area contributed by atoms with Crippen molar-refractivity contribution in [3.63, 3.8) is 0 Å². The van der Waals surface area contributed by atoms with Crippen LogP contribution in [0.3, 0.4) is 0 Å². The number of benzene rings is 2. The SMILES string of the molecule is O=C(O[C@@H](Cc1c(Cl)c[nH+]cc1Cl)c1ccc(OC(F)F)c(OCC2CC2)c1)c1ccc(CN2CCC(CO)CC2)cc1. The standard InChI is InChI=1S/C32H34Cl2F2N2O5/c33-26-15-37-16-27(34)25(26)14-29(24-7-8-28(43-32(35)36)30(13-24)41-19-22-1-2-22)42-31(40)23-5-3-20(4-6-23)17-38-11-9-21(18-39)10-12-38/h3-8,13,15-16,21-22,29,32,39H,1-2,9-12,14,17-19H2/p+1/t29-/m0/s1. The van der Waals surface area contributed by atoms with Gasteiger partial charge in [0.1, 0.15) is 16.1 Å². The third-order valence-corrected chi connectivity index (χ3v) is 8.60. The summed E-state index contributed by atoms with van der Waals surface area (Å²) in [5.41, 5.74) is 2.52. The van der Waals surface area contributed by atoms with Gasteiger partial charge in [-0.2, -0.15) is 8.78 Å². The number of nitrogens with zero attached hydrogens (tertiary/aromatic N) is 1. The maximum atomic E-state index is 13.4. The lowest BCUT2D eigenvalue weighted by atomic mass is 9.97. The minimum Gasteiger partial charge on any atom is -0.489 e. The van der Waals surface area contributed by atoms with Gasteiger partial charge in [-0.1, -0.05) is 41.4 Å². The highest BCUT2D eigenvalue weighted by Crippen LogP contribution is 2.38. The molecule has 2 fully saturated rings. The van der Waals surface area contributed by atoms with Gasteiger partial charge in [0.2, 0.25) is 0 Å². The van der Waals surface area contributed by atoms with E-state index >= 15 is 0 Å². The Morgan fingerprint density at radius 3 is 2.30 bits per heavy atom. The first kappa shape index (κ1) is 31.4. The number of aromatic nitrogens is 1. The second-order valence-electron chi connectivity index (χ2n) is 11.2. The molecule has 1 saturated carbocycles. The lowest BCUT2D eigenvalue weighted by Crippen LogP contribution is -2.34. The van der Waals surface area contributed by atoms with Gasteiger partial charge in [-0.3, -0.25) is 4.90 Å². The number of piperidine rings is 1. The van der Waals surface area contributed by atoms with Gasteiger partial charge >= 0.3 is 12.6 Å². The quantitative estimate of drug-likeness (QED) is 0.215. The van der Waals surface area contributed by atoms with Crippen molar-refractivity contribution < 1.29 is 37.9 Å². The fourth-order valence-corrected chi connectivity index (χ4v) is 5.67. The minimum atomic E-state index is -3.02. The lowest BCUT2D eigenvalue weighted by Gasteiger charge is -2.31. The van der Waals surface area contributed by atoms with Gasteiger partial charge in [0, 0.05) is 25.1 Å². The van der Waals surface area contributed by atoms with E-state index in [-0.39, 0.29) is 24.5 Å². The molecule has 0 amide bonds. The number of hydrogen-bond donors (Lipinski definition) is 1. The summed E-state index contributed by atoms with van der Waals surface area (Å²) in [5, 5.41) is 10.1. The normalized spacial score (nSPS) is 16.7. The smallest absolute Gasteiger partial charge is 0.387 e. The Labute approximate surface area is 259 Å². The van der Waals surface area contributed by atoms with Crippen LogP contribution in [0.2, 0.25) is 10.0 Å². The number of esters is 1. The largest absolute Gasteiger partial charge is 0.489 e. The van der Waals surface area contributed by atoms with E-state index in [0.717, 1.165) is 50.9 Å². The van der Waals surface area contributed by atoms with Crippen molar-refractivity contribution in [3.8, 4) is 11.5 Å². The number of pyridine rings is 1. The maximum absolute atomic E-state index is 13.4. The van der Waals surface area contributed by atoms with Gasteiger partial charge < -0.3 is 19.3 Å². The fourth-order valence-electron chi connectivity index (χ4n) is 5.14. The summed E-state index contributed by atoms with van der Waals surface area (Å²) in [6, 6.07) is 11.8. The summed E-state index contributed by atoms with van der Waals surface area (Å²) in [5.74, 6) is 0.255. The average molecular weight is 637 g/mol. The van der Waals surface area contributed by atoms with Crippen molar-refractivity contribution in [2.45, 2.75) is 51.4 Å². The van der Waals surface area contributed by atoms with Crippen molar-refractivity contribution in [2.24, 2.45) is 11.8 Å². The van der Waals surface area contributed by atoms with Crippen molar-refractivity contribution in [2.75, 3.05) is 26.3 Å². The summed E-state index contributed by atoms with van der Waals surface area (Å²) in [6.45, 7) is 0.200. The summed E-state index contributed by atoms with van der Waals surface area (Å²) in [6.07, 6.45) is 6.42. The molecule has 2 N–H and O–H groups in total. The monoisotopic (exact) mass is 635 g/mol. The third kappa shape index (κ3) is 8.79. The molecule has 1 saturated heterocycles. The highest BCUT2D eigenvalue weighted by atomic mass is 35.5. The van der Waals surface area contributed by atoms with Crippen LogP contribution in [-0.2, 0) is 17.7 Å². The van der Waals surface area contributed by atoms with Crippen LogP contribution in [0.15, 0.2) is 54.9 Å². The van der Waals surface area contributed by atoms with Crippen LogP contribution in [0.1, 0.15) is 58.8 Å². The van der Waals surface area contributed by atoms with Crippen molar-refractivity contribution in [3.05, 3.63) is 87.2 Å². The molecule has 1 aliphatic heterocycles. The number of aliphatic hydroxyl groups excluding tert-OH is 1. The lowest BCUT2D eigenvalue weighted by molar-refractivity contribution is -0.377. The first-order valence-corrected chi connectivity index (χ1v) is 15.2. The molecule has 1 aliphatic carbocycles. The van der Waals surface area contributed by atoms with Crippen molar-refractivity contribution in [1.29, 1.82) is 0 Å². The minimum absolute atomic E-state index is 0.0916. The van der Waals surface area contributed by atoms with Gasteiger partial charge in [0.25, 0.3) is 0 Å². The fraction of sp³-hybridized carbons (Fsp3) is 0.438. The molecule has 2 aliphatic rings. The Morgan fingerprint density at radius 2 is 1.67 bits per heavy atom. The highest BCUT2D eigenvalue weighted by molar-refractivity contribution is 6.35. The molecule has 0 unspecified atom stereocenters. The first-order valence-electron chi connectivity index (χ1n) is 14.5. The number of H-pyrrole nitrogens is 1. The Morgan fingerprint density at radius 1 is 0.977 bits per heavy atom. The number of halogens is 4. The van der Waals surface area contributed by atoms with Gasteiger partial charge in [0.05, 0.1) is 12.2 Å². The van der Waals surface area contributed by atoms with Crippen LogP contribution in [0.5, 0.6) is 11.5 Å². The van der Waals surface area contributed by atoms with Gasteiger partial charge in [-0.25, -0.2) is 9.78 Å². The molecule has 43 heavy (non-hydrogen) atoms. The number of ether oxygens (including phenoxy) is 3. The number of carbonyl (C=O) groups is 1. The van der Waals surface area contributed by atoms with E-state index in [1.807, 2.05) is 12.1 Å². The van der Waals surface area contributed by atoms with E-state index in [9.17, 15) is 18.7 Å². The Balaban J connectivity index is 1.35.